The Hall–Kier alpha value is -1.99. The predicted octanol–water partition coefficient (Wildman–Crippen LogP) is 4.15. The number of nitrogens with zero attached hydrogens (tertiary/aromatic N) is 1. The Bertz CT molecular complexity index is 588. The van der Waals surface area contributed by atoms with Crippen molar-refractivity contribution in [3.63, 3.8) is 0 Å². The molecule has 0 unspecified atom stereocenters. The standard InChI is InChI=1S/C14H11BrN2O/c1-17-12-3-5-13(6-4-12)18-14-7-2-11(15)8-10(14)9-16/h2-8,17H,1H3. The molecule has 0 saturated carbocycles. The smallest absolute Gasteiger partial charge is 0.145 e. The van der Waals surface area contributed by atoms with Crippen molar-refractivity contribution in [1.82, 2.24) is 0 Å². The molecule has 0 heterocycles. The third kappa shape index (κ3) is 2.82. The van der Waals surface area contributed by atoms with Crippen LogP contribution in [0.1, 0.15) is 5.56 Å². The van der Waals surface area contributed by atoms with E-state index in [0.29, 0.717) is 17.1 Å². The monoisotopic (exact) mass is 302 g/mol. The number of nitriles is 1. The third-order valence-electron chi connectivity index (χ3n) is 2.43. The Morgan fingerprint density at radius 2 is 1.89 bits per heavy atom. The van der Waals surface area contributed by atoms with Crippen LogP contribution in [0.4, 0.5) is 5.69 Å². The summed E-state index contributed by atoms with van der Waals surface area (Å²) in [5.74, 6) is 1.26. The minimum atomic E-state index is 0.502. The lowest BCUT2D eigenvalue weighted by molar-refractivity contribution is 0.481. The van der Waals surface area contributed by atoms with Gasteiger partial charge < -0.3 is 10.1 Å². The highest BCUT2D eigenvalue weighted by Gasteiger charge is 2.05. The second kappa shape index (κ2) is 5.56. The first kappa shape index (κ1) is 12.5. The molecule has 18 heavy (non-hydrogen) atoms. The number of anilines is 1. The van der Waals surface area contributed by atoms with E-state index in [1.165, 1.54) is 0 Å². The Kier molecular flexibility index (Phi) is 3.85. The highest BCUT2D eigenvalue weighted by molar-refractivity contribution is 9.10. The number of benzene rings is 2. The maximum Gasteiger partial charge on any atom is 0.145 e. The third-order valence-corrected chi connectivity index (χ3v) is 2.93. The van der Waals surface area contributed by atoms with Gasteiger partial charge in [-0.2, -0.15) is 5.26 Å². The van der Waals surface area contributed by atoms with Crippen LogP contribution in [0.2, 0.25) is 0 Å². The highest BCUT2D eigenvalue weighted by Crippen LogP contribution is 2.28. The van der Waals surface area contributed by atoms with Gasteiger partial charge in [0.05, 0.1) is 5.56 Å². The molecule has 0 fully saturated rings. The first-order valence-corrected chi connectivity index (χ1v) is 6.17. The second-order valence-electron chi connectivity index (χ2n) is 3.63. The van der Waals surface area contributed by atoms with E-state index in [0.717, 1.165) is 10.2 Å². The van der Waals surface area contributed by atoms with Gasteiger partial charge in [0.2, 0.25) is 0 Å². The summed E-state index contributed by atoms with van der Waals surface area (Å²) in [6, 6.07) is 15.0. The van der Waals surface area contributed by atoms with Crippen LogP contribution in [-0.2, 0) is 0 Å². The largest absolute Gasteiger partial charge is 0.456 e. The fourth-order valence-corrected chi connectivity index (χ4v) is 1.86. The molecule has 0 atom stereocenters. The van der Waals surface area contributed by atoms with Gasteiger partial charge >= 0.3 is 0 Å². The molecule has 3 nitrogen and oxygen atoms in total. The Balaban J connectivity index is 2.25. The molecular weight excluding hydrogens is 292 g/mol. The van der Waals surface area contributed by atoms with E-state index >= 15 is 0 Å². The van der Waals surface area contributed by atoms with Gasteiger partial charge in [-0.25, -0.2) is 0 Å². The van der Waals surface area contributed by atoms with Crippen molar-refractivity contribution in [2.75, 3.05) is 12.4 Å². The molecule has 0 saturated heterocycles. The average molecular weight is 303 g/mol. The molecule has 0 aromatic heterocycles. The zero-order chi connectivity index (χ0) is 13.0. The predicted molar refractivity (Wildman–Crippen MR) is 74.9 cm³/mol. The van der Waals surface area contributed by atoms with Crippen LogP contribution in [-0.4, -0.2) is 7.05 Å². The summed E-state index contributed by atoms with van der Waals surface area (Å²) in [6.07, 6.45) is 0. The lowest BCUT2D eigenvalue weighted by Gasteiger charge is -2.08. The number of ether oxygens (including phenoxy) is 1. The van der Waals surface area contributed by atoms with E-state index in [-0.39, 0.29) is 0 Å². The van der Waals surface area contributed by atoms with Gasteiger partial charge in [0.15, 0.2) is 0 Å². The van der Waals surface area contributed by atoms with Crippen LogP contribution < -0.4 is 10.1 Å². The zero-order valence-corrected chi connectivity index (χ0v) is 11.4. The number of halogens is 1. The normalized spacial score (nSPS) is 9.61. The summed E-state index contributed by atoms with van der Waals surface area (Å²) in [5, 5.41) is 12.1. The van der Waals surface area contributed by atoms with Gasteiger partial charge in [0, 0.05) is 17.2 Å². The van der Waals surface area contributed by atoms with Crippen molar-refractivity contribution in [3.05, 3.63) is 52.5 Å². The molecule has 0 aliphatic heterocycles. The van der Waals surface area contributed by atoms with Gasteiger partial charge in [-0.15, -0.1) is 0 Å². The van der Waals surface area contributed by atoms with Crippen molar-refractivity contribution < 1.29 is 4.74 Å². The molecule has 0 bridgehead atoms. The molecule has 0 radical (unpaired) electrons. The Morgan fingerprint density at radius 3 is 2.50 bits per heavy atom. The fraction of sp³-hybridized carbons (Fsp3) is 0.0714. The minimum Gasteiger partial charge on any atom is -0.456 e. The van der Waals surface area contributed by atoms with Crippen LogP contribution in [0.15, 0.2) is 46.9 Å². The van der Waals surface area contributed by atoms with E-state index < -0.39 is 0 Å². The van der Waals surface area contributed by atoms with Crippen LogP contribution >= 0.6 is 15.9 Å². The van der Waals surface area contributed by atoms with E-state index in [9.17, 15) is 0 Å². The van der Waals surface area contributed by atoms with Crippen LogP contribution in [0, 0.1) is 11.3 Å². The van der Waals surface area contributed by atoms with Crippen molar-refractivity contribution in [2.24, 2.45) is 0 Å². The molecule has 0 aliphatic carbocycles. The summed E-state index contributed by atoms with van der Waals surface area (Å²) in [5.41, 5.74) is 1.51. The summed E-state index contributed by atoms with van der Waals surface area (Å²) >= 11 is 3.33. The molecular formula is C14H11BrN2O. The highest BCUT2D eigenvalue weighted by atomic mass is 79.9. The van der Waals surface area contributed by atoms with Crippen LogP contribution in [0.25, 0.3) is 0 Å². The number of hydrogen-bond donors (Lipinski definition) is 1. The summed E-state index contributed by atoms with van der Waals surface area (Å²) < 4.78 is 6.54. The summed E-state index contributed by atoms with van der Waals surface area (Å²) in [7, 11) is 1.86. The average Bonchev–Trinajstić information content (AvgIpc) is 2.41. The molecule has 0 amide bonds. The van der Waals surface area contributed by atoms with Crippen molar-refractivity contribution in [3.8, 4) is 17.6 Å². The fourth-order valence-electron chi connectivity index (χ4n) is 1.50. The van der Waals surface area contributed by atoms with E-state index in [4.69, 9.17) is 10.00 Å². The van der Waals surface area contributed by atoms with E-state index in [2.05, 4.69) is 27.3 Å². The van der Waals surface area contributed by atoms with Crippen molar-refractivity contribution in [1.29, 1.82) is 5.26 Å². The molecule has 1 N–H and O–H groups in total. The number of hydrogen-bond acceptors (Lipinski definition) is 3. The molecule has 0 aliphatic rings. The van der Waals surface area contributed by atoms with Crippen molar-refractivity contribution in [2.45, 2.75) is 0 Å². The van der Waals surface area contributed by atoms with Crippen LogP contribution in [0.3, 0.4) is 0 Å². The number of nitrogens with one attached hydrogen (secondary N) is 1. The molecule has 90 valence electrons. The van der Waals surface area contributed by atoms with E-state index in [1.54, 1.807) is 12.1 Å². The Labute approximate surface area is 114 Å². The first-order chi connectivity index (χ1) is 8.72. The van der Waals surface area contributed by atoms with Gasteiger partial charge in [0.1, 0.15) is 17.6 Å². The van der Waals surface area contributed by atoms with Gasteiger partial charge in [0.25, 0.3) is 0 Å². The first-order valence-electron chi connectivity index (χ1n) is 5.38. The molecule has 2 aromatic rings. The van der Waals surface area contributed by atoms with Gasteiger partial charge in [-0.1, -0.05) is 15.9 Å². The molecule has 0 spiro atoms. The maximum atomic E-state index is 9.04. The lowest BCUT2D eigenvalue weighted by atomic mass is 10.2. The topological polar surface area (TPSA) is 45.0 Å². The van der Waals surface area contributed by atoms with Crippen LogP contribution in [0.5, 0.6) is 11.5 Å². The molecule has 2 aromatic carbocycles. The van der Waals surface area contributed by atoms with Gasteiger partial charge in [-0.05, 0) is 42.5 Å². The molecule has 4 heteroatoms. The van der Waals surface area contributed by atoms with Gasteiger partial charge in [-0.3, -0.25) is 0 Å². The summed E-state index contributed by atoms with van der Waals surface area (Å²) in [4.78, 5) is 0. The van der Waals surface area contributed by atoms with Crippen molar-refractivity contribution >= 4 is 21.6 Å². The SMILES string of the molecule is CNc1ccc(Oc2ccc(Br)cc2C#N)cc1. The lowest BCUT2D eigenvalue weighted by Crippen LogP contribution is -1.90. The Morgan fingerprint density at radius 1 is 1.17 bits per heavy atom. The summed E-state index contributed by atoms with van der Waals surface area (Å²) in [6.45, 7) is 0. The quantitative estimate of drug-likeness (QED) is 0.926. The maximum absolute atomic E-state index is 9.04. The number of rotatable bonds is 3. The van der Waals surface area contributed by atoms with E-state index in [1.807, 2.05) is 37.4 Å². The second-order valence-corrected chi connectivity index (χ2v) is 4.54. The zero-order valence-electron chi connectivity index (χ0n) is 9.77. The minimum absolute atomic E-state index is 0.502. The molecule has 2 rings (SSSR count).